The summed E-state index contributed by atoms with van der Waals surface area (Å²) < 4.78 is 1.63. The standard InChI is InChI=1S/C8H10.C7H10N2O/c1-2-8-6-4-3-5-7-8;1-3-7(10)6-4-8-9(2)5-6/h3-7H,2H2,1H3;4-5H,3H2,1-2H3. The largest absolute Gasteiger partial charge is 0.294 e. The Labute approximate surface area is 108 Å². The molecule has 0 aliphatic heterocycles. The SMILES string of the molecule is CCC(=O)c1cnn(C)c1.CCc1ccccc1. The van der Waals surface area contributed by atoms with Crippen LogP contribution in [0.3, 0.4) is 0 Å². The van der Waals surface area contributed by atoms with Gasteiger partial charge in [0.1, 0.15) is 0 Å². The quantitative estimate of drug-likeness (QED) is 0.777. The number of aryl methyl sites for hydroxylation is 2. The third-order valence-corrected chi connectivity index (χ3v) is 2.60. The molecule has 0 spiro atoms. The van der Waals surface area contributed by atoms with Gasteiger partial charge in [0.15, 0.2) is 5.78 Å². The predicted molar refractivity (Wildman–Crippen MR) is 73.6 cm³/mol. The van der Waals surface area contributed by atoms with Crippen LogP contribution in [0.2, 0.25) is 0 Å². The smallest absolute Gasteiger partial charge is 0.165 e. The minimum Gasteiger partial charge on any atom is -0.294 e. The van der Waals surface area contributed by atoms with Crippen LogP contribution in [0, 0.1) is 0 Å². The van der Waals surface area contributed by atoms with Crippen molar-refractivity contribution in [2.24, 2.45) is 7.05 Å². The molecule has 18 heavy (non-hydrogen) atoms. The second kappa shape index (κ2) is 7.43. The number of rotatable bonds is 3. The van der Waals surface area contributed by atoms with E-state index >= 15 is 0 Å². The summed E-state index contributed by atoms with van der Waals surface area (Å²) in [4.78, 5) is 11.0. The van der Waals surface area contributed by atoms with E-state index in [0.717, 1.165) is 6.42 Å². The highest BCUT2D eigenvalue weighted by Crippen LogP contribution is 1.99. The van der Waals surface area contributed by atoms with Crippen molar-refractivity contribution >= 4 is 5.78 Å². The maximum Gasteiger partial charge on any atom is 0.165 e. The number of aromatic nitrogens is 2. The summed E-state index contributed by atoms with van der Waals surface area (Å²) in [6, 6.07) is 10.5. The third kappa shape index (κ3) is 4.53. The van der Waals surface area contributed by atoms with Crippen molar-refractivity contribution in [1.29, 1.82) is 0 Å². The fourth-order valence-electron chi connectivity index (χ4n) is 1.48. The highest BCUT2D eigenvalue weighted by atomic mass is 16.1. The minimum atomic E-state index is 0.146. The summed E-state index contributed by atoms with van der Waals surface area (Å²) in [5.74, 6) is 0.146. The van der Waals surface area contributed by atoms with Gasteiger partial charge in [-0.3, -0.25) is 9.48 Å². The number of benzene rings is 1. The van der Waals surface area contributed by atoms with Crippen molar-refractivity contribution < 1.29 is 4.79 Å². The van der Waals surface area contributed by atoms with Crippen molar-refractivity contribution in [3.05, 3.63) is 53.9 Å². The maximum absolute atomic E-state index is 11.0. The highest BCUT2D eigenvalue weighted by Gasteiger charge is 2.03. The molecule has 0 unspecified atom stereocenters. The van der Waals surface area contributed by atoms with Crippen LogP contribution in [0.4, 0.5) is 0 Å². The monoisotopic (exact) mass is 244 g/mol. The van der Waals surface area contributed by atoms with Gasteiger partial charge in [-0.15, -0.1) is 0 Å². The van der Waals surface area contributed by atoms with E-state index < -0.39 is 0 Å². The molecule has 1 aromatic heterocycles. The van der Waals surface area contributed by atoms with Gasteiger partial charge < -0.3 is 0 Å². The van der Waals surface area contributed by atoms with Crippen LogP contribution >= 0.6 is 0 Å². The molecular formula is C15H20N2O. The molecule has 1 heterocycles. The normalized spacial score (nSPS) is 9.50. The molecule has 96 valence electrons. The molecule has 0 aliphatic carbocycles. The van der Waals surface area contributed by atoms with E-state index in [-0.39, 0.29) is 5.78 Å². The molecule has 0 saturated heterocycles. The number of hydrogen-bond acceptors (Lipinski definition) is 2. The first kappa shape index (κ1) is 14.2. The van der Waals surface area contributed by atoms with Gasteiger partial charge in [-0.25, -0.2) is 0 Å². The Morgan fingerprint density at radius 3 is 2.28 bits per heavy atom. The molecule has 0 atom stereocenters. The number of nitrogens with zero attached hydrogens (tertiary/aromatic N) is 2. The van der Waals surface area contributed by atoms with E-state index in [1.54, 1.807) is 24.1 Å². The molecule has 0 aliphatic rings. The fourth-order valence-corrected chi connectivity index (χ4v) is 1.48. The lowest BCUT2D eigenvalue weighted by Gasteiger charge is -1.89. The molecule has 0 bridgehead atoms. The summed E-state index contributed by atoms with van der Waals surface area (Å²) in [6.45, 7) is 4.00. The zero-order valence-electron chi connectivity index (χ0n) is 11.3. The summed E-state index contributed by atoms with van der Waals surface area (Å²) >= 11 is 0. The Kier molecular flexibility index (Phi) is 5.85. The van der Waals surface area contributed by atoms with Crippen molar-refractivity contribution in [1.82, 2.24) is 9.78 Å². The van der Waals surface area contributed by atoms with Gasteiger partial charge in [0.05, 0.1) is 11.8 Å². The molecule has 3 heteroatoms. The van der Waals surface area contributed by atoms with Crippen LogP contribution in [-0.4, -0.2) is 15.6 Å². The Hall–Kier alpha value is -1.90. The van der Waals surface area contributed by atoms with Gasteiger partial charge in [-0.2, -0.15) is 5.10 Å². The lowest BCUT2D eigenvalue weighted by molar-refractivity contribution is 0.0988. The predicted octanol–water partition coefficient (Wildman–Crippen LogP) is 3.26. The van der Waals surface area contributed by atoms with Crippen LogP contribution in [0.1, 0.15) is 36.2 Å². The van der Waals surface area contributed by atoms with E-state index in [0.29, 0.717) is 12.0 Å². The van der Waals surface area contributed by atoms with Crippen molar-refractivity contribution in [2.45, 2.75) is 26.7 Å². The molecule has 0 fully saturated rings. The highest BCUT2D eigenvalue weighted by molar-refractivity contribution is 5.95. The van der Waals surface area contributed by atoms with Crippen LogP contribution in [0.25, 0.3) is 0 Å². The minimum absolute atomic E-state index is 0.146. The number of carbonyl (C=O) groups excluding carboxylic acids is 1. The first-order valence-corrected chi connectivity index (χ1v) is 6.23. The average molecular weight is 244 g/mol. The molecule has 0 radical (unpaired) electrons. The lowest BCUT2D eigenvalue weighted by Crippen LogP contribution is -1.93. The van der Waals surface area contributed by atoms with Gasteiger partial charge >= 0.3 is 0 Å². The zero-order chi connectivity index (χ0) is 13.4. The van der Waals surface area contributed by atoms with E-state index in [9.17, 15) is 4.79 Å². The van der Waals surface area contributed by atoms with Gasteiger partial charge in [0, 0.05) is 19.7 Å². The molecule has 0 N–H and O–H groups in total. The van der Waals surface area contributed by atoms with E-state index in [4.69, 9.17) is 0 Å². The van der Waals surface area contributed by atoms with E-state index in [2.05, 4.69) is 36.3 Å². The first-order chi connectivity index (χ1) is 8.67. The summed E-state index contributed by atoms with van der Waals surface area (Å²) in [5, 5.41) is 3.88. The number of hydrogen-bond donors (Lipinski definition) is 0. The molecule has 2 rings (SSSR count). The number of carbonyl (C=O) groups is 1. The van der Waals surface area contributed by atoms with Gasteiger partial charge in [-0.1, -0.05) is 44.2 Å². The number of Topliss-reactive ketones (excluding diaryl/α,β-unsaturated/α-hetero) is 1. The topological polar surface area (TPSA) is 34.9 Å². The van der Waals surface area contributed by atoms with Crippen molar-refractivity contribution in [3.8, 4) is 0 Å². The summed E-state index contributed by atoms with van der Waals surface area (Å²) in [7, 11) is 1.80. The van der Waals surface area contributed by atoms with Crippen LogP contribution < -0.4 is 0 Å². The molecular weight excluding hydrogens is 224 g/mol. The fraction of sp³-hybridized carbons (Fsp3) is 0.333. The molecule has 0 saturated carbocycles. The third-order valence-electron chi connectivity index (χ3n) is 2.60. The van der Waals surface area contributed by atoms with E-state index in [1.807, 2.05) is 13.0 Å². The summed E-state index contributed by atoms with van der Waals surface area (Å²) in [5.41, 5.74) is 2.11. The van der Waals surface area contributed by atoms with E-state index in [1.165, 1.54) is 5.56 Å². The summed E-state index contributed by atoms with van der Waals surface area (Å²) in [6.07, 6.45) is 5.00. The Bertz CT molecular complexity index is 474. The Morgan fingerprint density at radius 2 is 1.89 bits per heavy atom. The molecule has 3 nitrogen and oxygen atoms in total. The maximum atomic E-state index is 11.0. The van der Waals surface area contributed by atoms with Crippen LogP contribution in [0.5, 0.6) is 0 Å². The average Bonchev–Trinajstić information content (AvgIpc) is 2.86. The molecule has 1 aromatic carbocycles. The Morgan fingerprint density at radius 1 is 1.22 bits per heavy atom. The van der Waals surface area contributed by atoms with Crippen molar-refractivity contribution in [2.75, 3.05) is 0 Å². The van der Waals surface area contributed by atoms with Gasteiger partial charge in [0.2, 0.25) is 0 Å². The van der Waals surface area contributed by atoms with Gasteiger partial charge in [-0.05, 0) is 12.0 Å². The number of ketones is 1. The Balaban J connectivity index is 0.000000184. The zero-order valence-corrected chi connectivity index (χ0v) is 11.3. The van der Waals surface area contributed by atoms with Gasteiger partial charge in [0.25, 0.3) is 0 Å². The second-order valence-electron chi connectivity index (χ2n) is 4.02. The van der Waals surface area contributed by atoms with Crippen LogP contribution in [0.15, 0.2) is 42.7 Å². The molecule has 2 aromatic rings. The van der Waals surface area contributed by atoms with Crippen molar-refractivity contribution in [3.63, 3.8) is 0 Å². The molecule has 0 amide bonds. The first-order valence-electron chi connectivity index (χ1n) is 6.23. The second-order valence-corrected chi connectivity index (χ2v) is 4.02. The van der Waals surface area contributed by atoms with Crippen LogP contribution in [-0.2, 0) is 13.5 Å². The lowest BCUT2D eigenvalue weighted by atomic mass is 10.2.